The molecular formula is C21H17ClN2O2. The highest BCUT2D eigenvalue weighted by Crippen LogP contribution is 2.33. The van der Waals surface area contributed by atoms with Crippen molar-refractivity contribution in [2.75, 3.05) is 5.32 Å². The van der Waals surface area contributed by atoms with Crippen LogP contribution in [0.5, 0.6) is 0 Å². The van der Waals surface area contributed by atoms with Crippen molar-refractivity contribution in [3.8, 4) is 0 Å². The molecule has 3 aromatic rings. The molecule has 0 bridgehead atoms. The molecule has 0 aromatic heterocycles. The van der Waals surface area contributed by atoms with Gasteiger partial charge < -0.3 is 5.32 Å². The number of nitro benzene ring substituents is 1. The Morgan fingerprint density at radius 1 is 1.04 bits per heavy atom. The smallest absolute Gasteiger partial charge is 0.292 e. The molecule has 0 radical (unpaired) electrons. The van der Waals surface area contributed by atoms with E-state index in [1.165, 1.54) is 6.07 Å². The van der Waals surface area contributed by atoms with Crippen molar-refractivity contribution in [1.29, 1.82) is 0 Å². The van der Waals surface area contributed by atoms with Gasteiger partial charge in [0.2, 0.25) is 0 Å². The van der Waals surface area contributed by atoms with Crippen LogP contribution in [0.4, 0.5) is 17.1 Å². The van der Waals surface area contributed by atoms with Gasteiger partial charge in [-0.15, -0.1) is 0 Å². The third kappa shape index (κ3) is 3.60. The van der Waals surface area contributed by atoms with Crippen LogP contribution in [0.2, 0.25) is 5.02 Å². The van der Waals surface area contributed by atoms with E-state index in [2.05, 4.69) is 11.9 Å². The Morgan fingerprint density at radius 3 is 2.42 bits per heavy atom. The summed E-state index contributed by atoms with van der Waals surface area (Å²) in [4.78, 5) is 10.7. The highest BCUT2D eigenvalue weighted by atomic mass is 35.5. The van der Waals surface area contributed by atoms with Gasteiger partial charge in [0.05, 0.1) is 9.95 Å². The van der Waals surface area contributed by atoms with E-state index in [1.807, 2.05) is 43.3 Å². The standard InChI is InChI=1S/C21H17ClN2O2/c1-14-7-3-4-8-17(14)15(2)18-12-11-16(13-19(18)22)23-20-9-5-6-10-21(20)24(25)26/h3-13,23H,2H2,1H3. The first-order valence-electron chi connectivity index (χ1n) is 8.02. The molecule has 5 heteroatoms. The van der Waals surface area contributed by atoms with E-state index in [4.69, 9.17) is 11.6 Å². The molecule has 0 saturated carbocycles. The van der Waals surface area contributed by atoms with Gasteiger partial charge in [0, 0.05) is 17.3 Å². The van der Waals surface area contributed by atoms with Crippen molar-refractivity contribution in [2.45, 2.75) is 6.92 Å². The summed E-state index contributed by atoms with van der Waals surface area (Å²) in [6.45, 7) is 6.20. The molecule has 0 atom stereocenters. The number of nitro groups is 1. The van der Waals surface area contributed by atoms with Crippen molar-refractivity contribution < 1.29 is 4.92 Å². The van der Waals surface area contributed by atoms with Crippen LogP contribution in [0.25, 0.3) is 5.57 Å². The Hall–Kier alpha value is -3.11. The maximum atomic E-state index is 11.1. The zero-order valence-electron chi connectivity index (χ0n) is 14.2. The molecule has 0 heterocycles. The van der Waals surface area contributed by atoms with Gasteiger partial charge in [-0.25, -0.2) is 0 Å². The van der Waals surface area contributed by atoms with Gasteiger partial charge >= 0.3 is 0 Å². The van der Waals surface area contributed by atoms with Crippen molar-refractivity contribution in [1.82, 2.24) is 0 Å². The molecule has 0 aliphatic carbocycles. The predicted molar refractivity (Wildman–Crippen MR) is 107 cm³/mol. The topological polar surface area (TPSA) is 55.2 Å². The van der Waals surface area contributed by atoms with Gasteiger partial charge in [0.1, 0.15) is 5.69 Å². The lowest BCUT2D eigenvalue weighted by molar-refractivity contribution is -0.383. The lowest BCUT2D eigenvalue weighted by Gasteiger charge is -2.13. The van der Waals surface area contributed by atoms with Crippen molar-refractivity contribution in [3.63, 3.8) is 0 Å². The van der Waals surface area contributed by atoms with Gasteiger partial charge in [0.25, 0.3) is 5.69 Å². The number of halogens is 1. The Balaban J connectivity index is 1.90. The predicted octanol–water partition coefficient (Wildman–Crippen LogP) is 6.36. The molecule has 1 N–H and O–H groups in total. The summed E-state index contributed by atoms with van der Waals surface area (Å²) in [6.07, 6.45) is 0. The molecule has 3 rings (SSSR count). The number of aryl methyl sites for hydroxylation is 1. The van der Waals surface area contributed by atoms with Crippen molar-refractivity contribution >= 4 is 34.2 Å². The zero-order valence-corrected chi connectivity index (χ0v) is 15.0. The number of rotatable bonds is 5. The van der Waals surface area contributed by atoms with Crippen molar-refractivity contribution in [2.24, 2.45) is 0 Å². The fraction of sp³-hybridized carbons (Fsp3) is 0.0476. The summed E-state index contributed by atoms with van der Waals surface area (Å²) in [5, 5.41) is 14.7. The Morgan fingerprint density at radius 2 is 1.73 bits per heavy atom. The molecule has 0 saturated heterocycles. The molecule has 0 amide bonds. The van der Waals surface area contributed by atoms with E-state index in [9.17, 15) is 10.1 Å². The van der Waals surface area contributed by atoms with E-state index in [0.717, 1.165) is 22.3 Å². The van der Waals surface area contributed by atoms with Crippen LogP contribution < -0.4 is 5.32 Å². The second kappa shape index (κ2) is 7.42. The van der Waals surface area contributed by atoms with Gasteiger partial charge in [0.15, 0.2) is 0 Å². The van der Waals surface area contributed by atoms with Crippen LogP contribution in [-0.2, 0) is 0 Å². The number of anilines is 2. The molecule has 0 aliphatic heterocycles. The second-order valence-corrected chi connectivity index (χ2v) is 6.29. The highest BCUT2D eigenvalue weighted by molar-refractivity contribution is 6.32. The number of hydrogen-bond donors (Lipinski definition) is 1. The van der Waals surface area contributed by atoms with Crippen LogP contribution in [0.3, 0.4) is 0 Å². The van der Waals surface area contributed by atoms with Crippen LogP contribution in [0.15, 0.2) is 73.3 Å². The Bertz CT molecular complexity index is 999. The molecule has 0 fully saturated rings. The van der Waals surface area contributed by atoms with E-state index >= 15 is 0 Å². The molecule has 26 heavy (non-hydrogen) atoms. The normalized spacial score (nSPS) is 10.4. The first-order valence-corrected chi connectivity index (χ1v) is 8.40. The van der Waals surface area contributed by atoms with Crippen LogP contribution >= 0.6 is 11.6 Å². The number of nitrogens with zero attached hydrogens (tertiary/aromatic N) is 1. The van der Waals surface area contributed by atoms with Crippen LogP contribution in [0.1, 0.15) is 16.7 Å². The molecule has 4 nitrogen and oxygen atoms in total. The minimum absolute atomic E-state index is 0.0111. The summed E-state index contributed by atoms with van der Waals surface area (Å²) in [5.41, 5.74) is 4.92. The number of benzene rings is 3. The summed E-state index contributed by atoms with van der Waals surface area (Å²) in [5.74, 6) is 0. The molecule has 0 spiro atoms. The average molecular weight is 365 g/mol. The van der Waals surface area contributed by atoms with Crippen LogP contribution in [-0.4, -0.2) is 4.92 Å². The fourth-order valence-electron chi connectivity index (χ4n) is 2.79. The molecule has 3 aromatic carbocycles. The Kier molecular flexibility index (Phi) is 5.05. The minimum Gasteiger partial charge on any atom is -0.350 e. The summed E-state index contributed by atoms with van der Waals surface area (Å²) >= 11 is 6.46. The molecule has 130 valence electrons. The number of para-hydroxylation sites is 2. The SMILES string of the molecule is C=C(c1ccccc1C)c1ccc(Nc2ccccc2[N+](=O)[O-])cc1Cl. The third-order valence-electron chi connectivity index (χ3n) is 4.14. The second-order valence-electron chi connectivity index (χ2n) is 5.89. The van der Waals surface area contributed by atoms with E-state index in [1.54, 1.807) is 24.3 Å². The van der Waals surface area contributed by atoms with E-state index in [-0.39, 0.29) is 5.69 Å². The van der Waals surface area contributed by atoms with Gasteiger partial charge in [-0.2, -0.15) is 0 Å². The third-order valence-corrected chi connectivity index (χ3v) is 4.46. The number of nitrogens with one attached hydrogen (secondary N) is 1. The number of hydrogen-bond acceptors (Lipinski definition) is 3. The molecular weight excluding hydrogens is 348 g/mol. The molecule has 0 unspecified atom stereocenters. The van der Waals surface area contributed by atoms with Gasteiger partial charge in [-0.05, 0) is 41.8 Å². The molecule has 0 aliphatic rings. The van der Waals surface area contributed by atoms with Gasteiger partial charge in [-0.3, -0.25) is 10.1 Å². The maximum Gasteiger partial charge on any atom is 0.292 e. The lowest BCUT2D eigenvalue weighted by atomic mass is 9.95. The summed E-state index contributed by atoms with van der Waals surface area (Å²) < 4.78 is 0. The van der Waals surface area contributed by atoms with Crippen LogP contribution in [0, 0.1) is 17.0 Å². The highest BCUT2D eigenvalue weighted by Gasteiger charge is 2.14. The monoisotopic (exact) mass is 364 g/mol. The summed E-state index contributed by atoms with van der Waals surface area (Å²) in [6, 6.07) is 19.9. The Labute approximate surface area is 156 Å². The lowest BCUT2D eigenvalue weighted by Crippen LogP contribution is -1.97. The zero-order chi connectivity index (χ0) is 18.7. The largest absolute Gasteiger partial charge is 0.350 e. The summed E-state index contributed by atoms with van der Waals surface area (Å²) in [7, 11) is 0. The maximum absolute atomic E-state index is 11.1. The van der Waals surface area contributed by atoms with E-state index in [0.29, 0.717) is 16.4 Å². The van der Waals surface area contributed by atoms with Crippen molar-refractivity contribution in [3.05, 3.63) is 105 Å². The van der Waals surface area contributed by atoms with E-state index < -0.39 is 4.92 Å². The fourth-order valence-corrected chi connectivity index (χ4v) is 3.08. The minimum atomic E-state index is -0.418. The first kappa shape index (κ1) is 17.7. The first-order chi connectivity index (χ1) is 12.5. The van der Waals surface area contributed by atoms with Gasteiger partial charge in [-0.1, -0.05) is 60.6 Å². The quantitative estimate of drug-likeness (QED) is 0.423. The average Bonchev–Trinajstić information content (AvgIpc) is 2.62.